The van der Waals surface area contributed by atoms with Crippen LogP contribution in [0.25, 0.3) is 17.1 Å². The summed E-state index contributed by atoms with van der Waals surface area (Å²) >= 11 is 5.91. The van der Waals surface area contributed by atoms with Crippen molar-refractivity contribution in [2.45, 2.75) is 32.1 Å². The molecule has 2 heterocycles. The minimum Gasteiger partial charge on any atom is -0.496 e. The molecule has 8 heteroatoms. The van der Waals surface area contributed by atoms with E-state index in [4.69, 9.17) is 26.2 Å². The van der Waals surface area contributed by atoms with E-state index in [1.165, 1.54) is 0 Å². The Hall–Kier alpha value is -2.93. The summed E-state index contributed by atoms with van der Waals surface area (Å²) in [5.41, 5.74) is 2.24. The van der Waals surface area contributed by atoms with Crippen molar-refractivity contribution in [2.24, 2.45) is 0 Å². The average Bonchev–Trinajstić information content (AvgIpc) is 3.13. The second-order valence-corrected chi connectivity index (χ2v) is 7.93. The Bertz CT molecular complexity index is 1070. The molecule has 0 amide bonds. The van der Waals surface area contributed by atoms with E-state index in [1.54, 1.807) is 31.0 Å². The molecule has 7 nitrogen and oxygen atoms in total. The second kappa shape index (κ2) is 7.15. The molecule has 1 aliphatic rings. The molecule has 0 bridgehead atoms. The molecule has 3 aromatic rings. The van der Waals surface area contributed by atoms with E-state index in [1.807, 2.05) is 18.2 Å². The lowest BCUT2D eigenvalue weighted by Gasteiger charge is -2.30. The molecular formula is C21H21ClN4O3. The first kappa shape index (κ1) is 19.4. The summed E-state index contributed by atoms with van der Waals surface area (Å²) in [6, 6.07) is 8.87. The molecule has 29 heavy (non-hydrogen) atoms. The van der Waals surface area contributed by atoms with Gasteiger partial charge in [0.15, 0.2) is 16.8 Å². The molecule has 0 unspecified atom stereocenters. The molecule has 2 aromatic heterocycles. The molecule has 0 atom stereocenters. The van der Waals surface area contributed by atoms with Crippen molar-refractivity contribution in [3.05, 3.63) is 46.7 Å². The number of Topliss-reactive ketones (excluding diaryl/α,β-unsaturated/α-hetero) is 1. The lowest BCUT2D eigenvalue weighted by Crippen LogP contribution is -2.30. The fraction of sp³-hybridized carbons (Fsp3) is 0.333. The Kier molecular flexibility index (Phi) is 4.78. The van der Waals surface area contributed by atoms with Gasteiger partial charge in [-0.25, -0.2) is 4.68 Å². The molecular weight excluding hydrogens is 392 g/mol. The largest absolute Gasteiger partial charge is 0.496 e. The highest BCUT2D eigenvalue weighted by molar-refractivity contribution is 6.29. The standard InChI is InChI=1S/C21H21ClN4O3/c1-21(2)11-10-12(27)17-19(18-13(28-3)6-5-7-14(18)29-4)25-26(20(17)21)16-9-8-15(22)23-24-16/h5-9H,10-11H2,1-4H3. The van der Waals surface area contributed by atoms with Crippen LogP contribution in [0.2, 0.25) is 5.15 Å². The molecule has 1 aromatic carbocycles. The number of carbonyl (C=O) groups excluding carboxylic acids is 1. The van der Waals surface area contributed by atoms with Crippen molar-refractivity contribution in [1.29, 1.82) is 0 Å². The Morgan fingerprint density at radius 2 is 1.72 bits per heavy atom. The minimum absolute atomic E-state index is 0.0375. The van der Waals surface area contributed by atoms with Gasteiger partial charge in [-0.3, -0.25) is 4.79 Å². The Morgan fingerprint density at radius 3 is 2.31 bits per heavy atom. The van der Waals surface area contributed by atoms with Gasteiger partial charge in [0.1, 0.15) is 17.2 Å². The molecule has 0 spiro atoms. The van der Waals surface area contributed by atoms with E-state index in [-0.39, 0.29) is 16.4 Å². The predicted molar refractivity (Wildman–Crippen MR) is 109 cm³/mol. The minimum atomic E-state index is -0.287. The van der Waals surface area contributed by atoms with Gasteiger partial charge < -0.3 is 9.47 Å². The molecule has 0 radical (unpaired) electrons. The second-order valence-electron chi connectivity index (χ2n) is 7.54. The number of hydrogen-bond donors (Lipinski definition) is 0. The number of methoxy groups -OCH3 is 2. The van der Waals surface area contributed by atoms with Crippen molar-refractivity contribution in [3.63, 3.8) is 0 Å². The smallest absolute Gasteiger partial charge is 0.176 e. The maximum Gasteiger partial charge on any atom is 0.176 e. The number of benzene rings is 1. The zero-order valence-electron chi connectivity index (χ0n) is 16.7. The van der Waals surface area contributed by atoms with Crippen LogP contribution in [0.4, 0.5) is 0 Å². The fourth-order valence-corrected chi connectivity index (χ4v) is 3.92. The lowest BCUT2D eigenvalue weighted by atomic mass is 9.75. The van der Waals surface area contributed by atoms with Crippen LogP contribution >= 0.6 is 11.6 Å². The SMILES string of the molecule is COc1cccc(OC)c1-c1nn(-c2ccc(Cl)nn2)c2c1C(=O)CCC2(C)C. The van der Waals surface area contributed by atoms with Crippen molar-refractivity contribution < 1.29 is 14.3 Å². The summed E-state index contributed by atoms with van der Waals surface area (Å²) < 4.78 is 12.8. The quantitative estimate of drug-likeness (QED) is 0.637. The van der Waals surface area contributed by atoms with Gasteiger partial charge in [-0.1, -0.05) is 31.5 Å². The molecule has 1 aliphatic carbocycles. The zero-order chi connectivity index (χ0) is 20.8. The van der Waals surface area contributed by atoms with Gasteiger partial charge in [0, 0.05) is 11.8 Å². The summed E-state index contributed by atoms with van der Waals surface area (Å²) in [5, 5.41) is 13.2. The predicted octanol–water partition coefficient (Wildman–Crippen LogP) is 4.25. The van der Waals surface area contributed by atoms with Crippen LogP contribution in [0.1, 0.15) is 42.7 Å². The third-order valence-electron chi connectivity index (χ3n) is 5.28. The molecule has 0 N–H and O–H groups in total. The van der Waals surface area contributed by atoms with Crippen LogP contribution in [-0.2, 0) is 5.41 Å². The van der Waals surface area contributed by atoms with Gasteiger partial charge in [-0.2, -0.15) is 5.10 Å². The van der Waals surface area contributed by atoms with E-state index in [0.29, 0.717) is 47.0 Å². The Balaban J connectivity index is 2.08. The molecule has 4 rings (SSSR count). The highest BCUT2D eigenvalue weighted by atomic mass is 35.5. The number of ether oxygens (including phenoxy) is 2. The van der Waals surface area contributed by atoms with E-state index in [0.717, 1.165) is 5.69 Å². The van der Waals surface area contributed by atoms with E-state index < -0.39 is 0 Å². The molecule has 0 fully saturated rings. The number of halogens is 1. The van der Waals surface area contributed by atoms with Crippen LogP contribution in [0, 0.1) is 0 Å². The maximum atomic E-state index is 13.1. The summed E-state index contributed by atoms with van der Waals surface area (Å²) in [7, 11) is 3.16. The summed E-state index contributed by atoms with van der Waals surface area (Å²) in [6.07, 6.45) is 1.16. The van der Waals surface area contributed by atoms with Gasteiger partial charge in [0.2, 0.25) is 0 Å². The lowest BCUT2D eigenvalue weighted by molar-refractivity contribution is 0.0956. The number of rotatable bonds is 4. The summed E-state index contributed by atoms with van der Waals surface area (Å²) in [6.45, 7) is 4.20. The monoisotopic (exact) mass is 412 g/mol. The van der Waals surface area contributed by atoms with Crippen LogP contribution in [0.15, 0.2) is 30.3 Å². The maximum absolute atomic E-state index is 13.1. The normalized spacial score (nSPS) is 15.1. The summed E-state index contributed by atoms with van der Waals surface area (Å²) in [4.78, 5) is 13.1. The molecule has 150 valence electrons. The number of nitrogens with zero attached hydrogens (tertiary/aromatic N) is 4. The highest BCUT2D eigenvalue weighted by Gasteiger charge is 2.40. The number of aromatic nitrogens is 4. The van der Waals surface area contributed by atoms with Gasteiger partial charge in [0.05, 0.1) is 31.0 Å². The first-order valence-electron chi connectivity index (χ1n) is 9.25. The highest BCUT2D eigenvalue weighted by Crippen LogP contribution is 2.46. The van der Waals surface area contributed by atoms with Crippen molar-refractivity contribution in [2.75, 3.05) is 14.2 Å². The zero-order valence-corrected chi connectivity index (χ0v) is 17.4. The first-order valence-corrected chi connectivity index (χ1v) is 9.63. The fourth-order valence-electron chi connectivity index (χ4n) is 3.82. The van der Waals surface area contributed by atoms with Crippen LogP contribution in [0.5, 0.6) is 11.5 Å². The topological polar surface area (TPSA) is 79.1 Å². The Morgan fingerprint density at radius 1 is 1.03 bits per heavy atom. The first-order chi connectivity index (χ1) is 13.9. The van der Waals surface area contributed by atoms with E-state index >= 15 is 0 Å². The molecule has 0 saturated heterocycles. The van der Waals surface area contributed by atoms with E-state index in [2.05, 4.69) is 24.0 Å². The average molecular weight is 413 g/mol. The van der Waals surface area contributed by atoms with Crippen LogP contribution in [0.3, 0.4) is 0 Å². The number of carbonyl (C=O) groups is 1. The van der Waals surface area contributed by atoms with Gasteiger partial charge >= 0.3 is 0 Å². The molecule has 0 aliphatic heterocycles. The van der Waals surface area contributed by atoms with Crippen molar-refractivity contribution in [1.82, 2.24) is 20.0 Å². The van der Waals surface area contributed by atoms with E-state index in [9.17, 15) is 4.79 Å². The number of hydrogen-bond acceptors (Lipinski definition) is 6. The van der Waals surface area contributed by atoms with Crippen molar-refractivity contribution >= 4 is 17.4 Å². The number of fused-ring (bicyclic) bond motifs is 1. The third kappa shape index (κ3) is 3.15. The number of ketones is 1. The Labute approximate surface area is 173 Å². The van der Waals surface area contributed by atoms with Gasteiger partial charge in [-0.05, 0) is 30.7 Å². The van der Waals surface area contributed by atoms with Crippen LogP contribution in [-0.4, -0.2) is 40.0 Å². The van der Waals surface area contributed by atoms with Gasteiger partial charge in [-0.15, -0.1) is 10.2 Å². The summed E-state index contributed by atoms with van der Waals surface area (Å²) in [5.74, 6) is 1.69. The van der Waals surface area contributed by atoms with Gasteiger partial charge in [0.25, 0.3) is 0 Å². The van der Waals surface area contributed by atoms with Crippen molar-refractivity contribution in [3.8, 4) is 28.6 Å². The third-order valence-corrected chi connectivity index (χ3v) is 5.48. The van der Waals surface area contributed by atoms with Crippen LogP contribution < -0.4 is 9.47 Å². The molecule has 0 saturated carbocycles.